The summed E-state index contributed by atoms with van der Waals surface area (Å²) in [6.45, 7) is 6.15. The van der Waals surface area contributed by atoms with E-state index in [1.807, 2.05) is 18.7 Å². The van der Waals surface area contributed by atoms with Crippen LogP contribution in [0.15, 0.2) is 0 Å². The van der Waals surface area contributed by atoms with E-state index in [-0.39, 0.29) is 0 Å². The topological polar surface area (TPSA) is 37.8 Å². The number of halogens is 1. The molecule has 1 aliphatic heterocycles. The molecule has 1 N–H and O–H groups in total. The molecular weight excluding hydrogens is 266 g/mol. The lowest BCUT2D eigenvalue weighted by Crippen LogP contribution is -2.27. The molecule has 0 aliphatic carbocycles. The summed E-state index contributed by atoms with van der Waals surface area (Å²) in [6.07, 6.45) is 2.49. The number of aromatic nitrogens is 2. The summed E-state index contributed by atoms with van der Waals surface area (Å²) in [5, 5.41) is 4.10. The van der Waals surface area contributed by atoms with E-state index in [1.165, 1.54) is 18.6 Å². The van der Waals surface area contributed by atoms with Crippen molar-refractivity contribution in [3.63, 3.8) is 0 Å². The van der Waals surface area contributed by atoms with Crippen LogP contribution in [0, 0.1) is 6.92 Å². The Kier molecular flexibility index (Phi) is 4.73. The van der Waals surface area contributed by atoms with E-state index in [1.54, 1.807) is 0 Å². The van der Waals surface area contributed by atoms with Gasteiger partial charge in [0.25, 0.3) is 0 Å². The maximum Gasteiger partial charge on any atom is 0.137 e. The number of hydrogen-bond donors (Lipinski definition) is 1. The second-order valence-electron chi connectivity index (χ2n) is 5.06. The monoisotopic (exact) mass is 285 g/mol. The van der Waals surface area contributed by atoms with E-state index in [0.717, 1.165) is 23.0 Å². The molecule has 0 amide bonds. The molecule has 1 aromatic heterocycles. The second-order valence-corrected chi connectivity index (χ2v) is 6.57. The van der Waals surface area contributed by atoms with Crippen LogP contribution in [-0.2, 0) is 0 Å². The smallest absolute Gasteiger partial charge is 0.137 e. The molecule has 3 nitrogen and oxygen atoms in total. The van der Waals surface area contributed by atoms with Crippen LogP contribution in [0.2, 0.25) is 5.15 Å². The predicted octanol–water partition coefficient (Wildman–Crippen LogP) is 3.87. The highest BCUT2D eigenvalue weighted by molar-refractivity contribution is 7.99. The lowest BCUT2D eigenvalue weighted by Gasteiger charge is -2.24. The summed E-state index contributed by atoms with van der Waals surface area (Å²) < 4.78 is 0. The molecule has 5 heteroatoms. The van der Waals surface area contributed by atoms with Crippen LogP contribution in [0.1, 0.15) is 44.0 Å². The lowest BCUT2D eigenvalue weighted by atomic mass is 10.1. The summed E-state index contributed by atoms with van der Waals surface area (Å²) in [4.78, 5) is 8.95. The van der Waals surface area contributed by atoms with Crippen molar-refractivity contribution >= 4 is 29.2 Å². The van der Waals surface area contributed by atoms with Crippen LogP contribution in [0.25, 0.3) is 0 Å². The standard InChI is InChI=1S/C13H20ClN3S/c1-8(2)12-16-11(14)9(3)13(17-12)15-10-5-4-6-18-7-10/h8,10H,4-7H2,1-3H3,(H,15,16,17). The summed E-state index contributed by atoms with van der Waals surface area (Å²) in [7, 11) is 0. The first-order valence-corrected chi connectivity index (χ1v) is 7.99. The molecule has 1 fully saturated rings. The Balaban J connectivity index is 2.19. The average molecular weight is 286 g/mol. The fourth-order valence-corrected chi connectivity index (χ4v) is 3.20. The first-order valence-electron chi connectivity index (χ1n) is 6.46. The molecule has 2 rings (SSSR count). The molecule has 1 saturated heterocycles. The van der Waals surface area contributed by atoms with E-state index >= 15 is 0 Å². The third-order valence-corrected chi connectivity index (χ3v) is 4.70. The summed E-state index contributed by atoms with van der Waals surface area (Å²) in [5.41, 5.74) is 0.955. The highest BCUT2D eigenvalue weighted by Gasteiger charge is 2.17. The molecule has 0 bridgehead atoms. The lowest BCUT2D eigenvalue weighted by molar-refractivity contribution is 0.677. The first kappa shape index (κ1) is 13.9. The quantitative estimate of drug-likeness (QED) is 0.856. The Morgan fingerprint density at radius 2 is 2.17 bits per heavy atom. The predicted molar refractivity (Wildman–Crippen MR) is 79.8 cm³/mol. The van der Waals surface area contributed by atoms with Crippen molar-refractivity contribution in [2.24, 2.45) is 0 Å². The van der Waals surface area contributed by atoms with Gasteiger partial charge in [-0.1, -0.05) is 25.4 Å². The Bertz CT molecular complexity index is 417. The SMILES string of the molecule is Cc1c(Cl)nc(C(C)C)nc1NC1CCCSC1. The van der Waals surface area contributed by atoms with Crippen molar-refractivity contribution in [2.75, 3.05) is 16.8 Å². The fourth-order valence-electron chi connectivity index (χ4n) is 1.95. The minimum absolute atomic E-state index is 0.296. The molecule has 0 saturated carbocycles. The van der Waals surface area contributed by atoms with Gasteiger partial charge in [0.2, 0.25) is 0 Å². The molecule has 1 unspecified atom stereocenters. The summed E-state index contributed by atoms with van der Waals surface area (Å²) >= 11 is 8.19. The van der Waals surface area contributed by atoms with Crippen molar-refractivity contribution in [1.82, 2.24) is 9.97 Å². The van der Waals surface area contributed by atoms with Gasteiger partial charge in [0.1, 0.15) is 16.8 Å². The van der Waals surface area contributed by atoms with Gasteiger partial charge in [-0.05, 0) is 25.5 Å². The van der Waals surface area contributed by atoms with E-state index in [0.29, 0.717) is 17.1 Å². The molecule has 0 spiro atoms. The summed E-state index contributed by atoms with van der Waals surface area (Å²) in [5.74, 6) is 4.45. The van der Waals surface area contributed by atoms with Crippen LogP contribution in [0.3, 0.4) is 0 Å². The maximum atomic E-state index is 6.18. The zero-order chi connectivity index (χ0) is 13.1. The van der Waals surface area contributed by atoms with Gasteiger partial charge in [-0.3, -0.25) is 0 Å². The van der Waals surface area contributed by atoms with E-state index in [4.69, 9.17) is 11.6 Å². The summed E-state index contributed by atoms with van der Waals surface area (Å²) in [6, 6.07) is 0.508. The molecular formula is C13H20ClN3S. The fraction of sp³-hybridized carbons (Fsp3) is 0.692. The van der Waals surface area contributed by atoms with Crippen molar-refractivity contribution < 1.29 is 0 Å². The zero-order valence-corrected chi connectivity index (χ0v) is 12.7. The third-order valence-electron chi connectivity index (χ3n) is 3.12. The Morgan fingerprint density at radius 1 is 1.39 bits per heavy atom. The van der Waals surface area contributed by atoms with E-state index < -0.39 is 0 Å². The molecule has 0 radical (unpaired) electrons. The van der Waals surface area contributed by atoms with Crippen LogP contribution >= 0.6 is 23.4 Å². The third kappa shape index (κ3) is 3.29. The van der Waals surface area contributed by atoms with E-state index in [9.17, 15) is 0 Å². The molecule has 18 heavy (non-hydrogen) atoms. The Morgan fingerprint density at radius 3 is 2.78 bits per heavy atom. The van der Waals surface area contributed by atoms with Gasteiger partial charge in [-0.15, -0.1) is 0 Å². The van der Waals surface area contributed by atoms with Crippen LogP contribution in [-0.4, -0.2) is 27.5 Å². The first-order chi connectivity index (χ1) is 8.58. The molecule has 100 valence electrons. The normalized spacial score (nSPS) is 20.2. The van der Waals surface area contributed by atoms with Gasteiger partial charge in [-0.25, -0.2) is 9.97 Å². The molecule has 1 atom stereocenters. The van der Waals surface area contributed by atoms with Gasteiger partial charge < -0.3 is 5.32 Å². The van der Waals surface area contributed by atoms with E-state index in [2.05, 4.69) is 29.1 Å². The number of anilines is 1. The average Bonchev–Trinajstić information content (AvgIpc) is 2.35. The van der Waals surface area contributed by atoms with Crippen LogP contribution in [0.5, 0.6) is 0 Å². The Labute approximate surface area is 118 Å². The second kappa shape index (κ2) is 6.11. The van der Waals surface area contributed by atoms with Gasteiger partial charge in [0.15, 0.2) is 0 Å². The van der Waals surface area contributed by atoms with Crippen LogP contribution < -0.4 is 5.32 Å². The van der Waals surface area contributed by atoms with Gasteiger partial charge in [0, 0.05) is 23.3 Å². The van der Waals surface area contributed by atoms with Crippen molar-refractivity contribution in [3.8, 4) is 0 Å². The molecule has 1 aromatic rings. The van der Waals surface area contributed by atoms with Crippen LogP contribution in [0.4, 0.5) is 5.82 Å². The Hall–Kier alpha value is -0.480. The van der Waals surface area contributed by atoms with Crippen molar-refractivity contribution in [3.05, 3.63) is 16.5 Å². The number of hydrogen-bond acceptors (Lipinski definition) is 4. The highest BCUT2D eigenvalue weighted by Crippen LogP contribution is 2.26. The number of nitrogens with zero attached hydrogens (tertiary/aromatic N) is 2. The maximum absolute atomic E-state index is 6.18. The molecule has 0 aromatic carbocycles. The van der Waals surface area contributed by atoms with Gasteiger partial charge in [0.05, 0.1) is 0 Å². The number of thioether (sulfide) groups is 1. The van der Waals surface area contributed by atoms with Crippen molar-refractivity contribution in [2.45, 2.75) is 45.6 Å². The largest absolute Gasteiger partial charge is 0.366 e. The minimum Gasteiger partial charge on any atom is -0.366 e. The number of nitrogens with one attached hydrogen (secondary N) is 1. The molecule has 1 aliphatic rings. The van der Waals surface area contributed by atoms with Gasteiger partial charge >= 0.3 is 0 Å². The van der Waals surface area contributed by atoms with Crippen molar-refractivity contribution in [1.29, 1.82) is 0 Å². The highest BCUT2D eigenvalue weighted by atomic mass is 35.5. The minimum atomic E-state index is 0.296. The zero-order valence-electron chi connectivity index (χ0n) is 11.2. The number of rotatable bonds is 3. The molecule has 2 heterocycles. The van der Waals surface area contributed by atoms with Gasteiger partial charge in [-0.2, -0.15) is 11.8 Å².